The highest BCUT2D eigenvalue weighted by Crippen LogP contribution is 2.16. The fraction of sp³-hybridized carbons (Fsp3) is 1.00. The summed E-state index contributed by atoms with van der Waals surface area (Å²) >= 11 is 0. The first-order valence-corrected chi connectivity index (χ1v) is 6.12. The van der Waals surface area contributed by atoms with Gasteiger partial charge in [0.25, 0.3) is 0 Å². The van der Waals surface area contributed by atoms with Crippen molar-refractivity contribution in [2.45, 2.75) is 45.6 Å². The number of hydrogen-bond donors (Lipinski definition) is 1. The van der Waals surface area contributed by atoms with Gasteiger partial charge in [-0.1, -0.05) is 0 Å². The molecule has 1 fully saturated rings. The van der Waals surface area contributed by atoms with Crippen molar-refractivity contribution in [3.05, 3.63) is 0 Å². The molecule has 0 saturated carbocycles. The number of hydrogen-bond acceptors (Lipinski definition) is 4. The van der Waals surface area contributed by atoms with Crippen molar-refractivity contribution in [3.8, 4) is 0 Å². The first kappa shape index (κ1) is 13.9. The standard InChI is InChI=1S/C12H26N2O2/c1-10(2)14(5)7-6-13-11-8-15-12(3,4)16-9-11/h10-11,13H,6-9H2,1-5H3. The lowest BCUT2D eigenvalue weighted by molar-refractivity contribution is -0.252. The summed E-state index contributed by atoms with van der Waals surface area (Å²) in [6.45, 7) is 11.8. The van der Waals surface area contributed by atoms with E-state index in [4.69, 9.17) is 9.47 Å². The molecule has 1 aliphatic rings. The molecule has 1 rings (SSSR count). The highest BCUT2D eigenvalue weighted by atomic mass is 16.7. The van der Waals surface area contributed by atoms with E-state index in [2.05, 4.69) is 31.1 Å². The van der Waals surface area contributed by atoms with Crippen LogP contribution in [0.3, 0.4) is 0 Å². The van der Waals surface area contributed by atoms with E-state index in [0.717, 1.165) is 26.3 Å². The minimum atomic E-state index is -0.410. The summed E-state index contributed by atoms with van der Waals surface area (Å²) < 4.78 is 11.2. The van der Waals surface area contributed by atoms with Gasteiger partial charge in [-0.15, -0.1) is 0 Å². The van der Waals surface area contributed by atoms with Crippen molar-refractivity contribution in [1.29, 1.82) is 0 Å². The maximum Gasteiger partial charge on any atom is 0.162 e. The molecule has 0 amide bonds. The molecule has 0 aliphatic carbocycles. The minimum Gasteiger partial charge on any atom is -0.349 e. The minimum absolute atomic E-state index is 0.327. The van der Waals surface area contributed by atoms with Crippen molar-refractivity contribution >= 4 is 0 Å². The molecule has 0 spiro atoms. The van der Waals surface area contributed by atoms with E-state index in [9.17, 15) is 0 Å². The van der Waals surface area contributed by atoms with E-state index in [1.54, 1.807) is 0 Å². The van der Waals surface area contributed by atoms with Crippen LogP contribution in [-0.4, -0.2) is 56.1 Å². The van der Waals surface area contributed by atoms with Crippen LogP contribution in [-0.2, 0) is 9.47 Å². The molecule has 1 N–H and O–H groups in total. The monoisotopic (exact) mass is 230 g/mol. The Morgan fingerprint density at radius 3 is 2.38 bits per heavy atom. The average molecular weight is 230 g/mol. The molecule has 4 nitrogen and oxygen atoms in total. The van der Waals surface area contributed by atoms with E-state index in [1.165, 1.54) is 0 Å². The lowest BCUT2D eigenvalue weighted by atomic mass is 10.2. The summed E-state index contributed by atoms with van der Waals surface area (Å²) in [5.74, 6) is -0.410. The Hall–Kier alpha value is -0.160. The molecule has 96 valence electrons. The van der Waals surface area contributed by atoms with Crippen LogP contribution in [0.2, 0.25) is 0 Å². The molecule has 1 saturated heterocycles. The molecule has 0 unspecified atom stereocenters. The average Bonchev–Trinajstić information content (AvgIpc) is 2.20. The molecular formula is C12H26N2O2. The molecule has 0 aromatic rings. The smallest absolute Gasteiger partial charge is 0.162 e. The van der Waals surface area contributed by atoms with Gasteiger partial charge in [0.2, 0.25) is 0 Å². The lowest BCUT2D eigenvalue weighted by Gasteiger charge is -2.35. The second-order valence-electron chi connectivity index (χ2n) is 5.25. The van der Waals surface area contributed by atoms with Gasteiger partial charge in [0.05, 0.1) is 19.3 Å². The van der Waals surface area contributed by atoms with Crippen molar-refractivity contribution in [1.82, 2.24) is 10.2 Å². The molecule has 0 aromatic heterocycles. The van der Waals surface area contributed by atoms with E-state index in [-0.39, 0.29) is 0 Å². The molecular weight excluding hydrogens is 204 g/mol. The van der Waals surface area contributed by atoms with Gasteiger partial charge in [-0.3, -0.25) is 0 Å². The quantitative estimate of drug-likeness (QED) is 0.766. The summed E-state index contributed by atoms with van der Waals surface area (Å²) in [6.07, 6.45) is 0. The van der Waals surface area contributed by atoms with Gasteiger partial charge in [0, 0.05) is 19.1 Å². The Balaban J connectivity index is 2.11. The van der Waals surface area contributed by atoms with Gasteiger partial charge in [0.1, 0.15) is 0 Å². The van der Waals surface area contributed by atoms with Crippen molar-refractivity contribution in [3.63, 3.8) is 0 Å². The van der Waals surface area contributed by atoms with E-state index in [1.807, 2.05) is 13.8 Å². The molecule has 16 heavy (non-hydrogen) atoms. The third kappa shape index (κ3) is 4.78. The first-order chi connectivity index (χ1) is 7.41. The Morgan fingerprint density at radius 1 is 1.31 bits per heavy atom. The maximum absolute atomic E-state index is 5.58. The van der Waals surface area contributed by atoms with Gasteiger partial charge >= 0.3 is 0 Å². The van der Waals surface area contributed by atoms with E-state index < -0.39 is 5.79 Å². The molecule has 0 atom stereocenters. The van der Waals surface area contributed by atoms with Crippen molar-refractivity contribution in [2.75, 3.05) is 33.4 Å². The van der Waals surface area contributed by atoms with Crippen LogP contribution in [0.5, 0.6) is 0 Å². The fourth-order valence-corrected chi connectivity index (χ4v) is 1.51. The fourth-order valence-electron chi connectivity index (χ4n) is 1.51. The Bertz CT molecular complexity index is 197. The Morgan fingerprint density at radius 2 is 1.88 bits per heavy atom. The highest BCUT2D eigenvalue weighted by Gasteiger charge is 2.27. The number of rotatable bonds is 5. The van der Waals surface area contributed by atoms with Gasteiger partial charge in [0.15, 0.2) is 5.79 Å². The zero-order valence-corrected chi connectivity index (χ0v) is 11.2. The molecule has 0 aromatic carbocycles. The molecule has 4 heteroatoms. The number of likely N-dealkylation sites (N-methyl/N-ethyl adjacent to an activating group) is 1. The SMILES string of the molecule is CC(C)N(C)CCNC1COC(C)(C)OC1. The number of nitrogens with one attached hydrogen (secondary N) is 1. The van der Waals surface area contributed by atoms with E-state index in [0.29, 0.717) is 12.1 Å². The highest BCUT2D eigenvalue weighted by molar-refractivity contribution is 4.73. The van der Waals surface area contributed by atoms with Crippen LogP contribution in [0.25, 0.3) is 0 Å². The second-order valence-corrected chi connectivity index (χ2v) is 5.25. The Kier molecular flexibility index (Phi) is 5.18. The second kappa shape index (κ2) is 5.96. The lowest BCUT2D eigenvalue weighted by Crippen LogP contribution is -2.50. The number of ether oxygens (including phenoxy) is 2. The first-order valence-electron chi connectivity index (χ1n) is 6.12. The van der Waals surface area contributed by atoms with Crippen LogP contribution in [0.4, 0.5) is 0 Å². The summed E-state index contributed by atoms with van der Waals surface area (Å²) in [6, 6.07) is 0.924. The summed E-state index contributed by atoms with van der Waals surface area (Å²) in [5, 5.41) is 3.45. The predicted octanol–water partition coefficient (Wildman–Crippen LogP) is 1.07. The van der Waals surface area contributed by atoms with Crippen LogP contribution in [0.15, 0.2) is 0 Å². The topological polar surface area (TPSA) is 33.7 Å². The van der Waals surface area contributed by atoms with Crippen molar-refractivity contribution in [2.24, 2.45) is 0 Å². The largest absolute Gasteiger partial charge is 0.349 e. The van der Waals surface area contributed by atoms with Crippen LogP contribution in [0, 0.1) is 0 Å². The van der Waals surface area contributed by atoms with Crippen LogP contribution in [0.1, 0.15) is 27.7 Å². The Labute approximate surface area is 99.3 Å². The molecule has 0 bridgehead atoms. The van der Waals surface area contributed by atoms with Gasteiger partial charge in [-0.25, -0.2) is 0 Å². The van der Waals surface area contributed by atoms with Gasteiger partial charge in [-0.2, -0.15) is 0 Å². The number of nitrogens with zero attached hydrogens (tertiary/aromatic N) is 1. The zero-order valence-electron chi connectivity index (χ0n) is 11.2. The van der Waals surface area contributed by atoms with Crippen LogP contribution < -0.4 is 5.32 Å². The van der Waals surface area contributed by atoms with E-state index >= 15 is 0 Å². The summed E-state index contributed by atoms with van der Waals surface area (Å²) in [7, 11) is 2.14. The summed E-state index contributed by atoms with van der Waals surface area (Å²) in [5.41, 5.74) is 0. The third-order valence-corrected chi connectivity index (χ3v) is 3.04. The molecule has 0 radical (unpaired) electrons. The van der Waals surface area contributed by atoms with Crippen molar-refractivity contribution < 1.29 is 9.47 Å². The molecule has 1 heterocycles. The molecule has 1 aliphatic heterocycles. The zero-order chi connectivity index (χ0) is 12.2. The van der Waals surface area contributed by atoms with Gasteiger partial charge in [-0.05, 0) is 34.7 Å². The predicted molar refractivity (Wildman–Crippen MR) is 65.5 cm³/mol. The summed E-state index contributed by atoms with van der Waals surface area (Å²) in [4.78, 5) is 2.32. The maximum atomic E-state index is 5.58. The van der Waals surface area contributed by atoms with Crippen LogP contribution >= 0.6 is 0 Å². The normalized spacial score (nSPS) is 21.9. The third-order valence-electron chi connectivity index (χ3n) is 3.04. The van der Waals surface area contributed by atoms with Gasteiger partial charge < -0.3 is 19.7 Å².